The summed E-state index contributed by atoms with van der Waals surface area (Å²) < 4.78 is 1.94. The first-order valence-electron chi connectivity index (χ1n) is 6.40. The van der Waals surface area contributed by atoms with Crippen LogP contribution < -0.4 is 0 Å². The van der Waals surface area contributed by atoms with Crippen molar-refractivity contribution in [2.24, 2.45) is 17.0 Å². The van der Waals surface area contributed by atoms with Gasteiger partial charge < -0.3 is 5.21 Å². The third kappa shape index (κ3) is 1.19. The number of hydrogen-bond acceptors (Lipinski definition) is 4. The number of rotatable bonds is 1. The lowest BCUT2D eigenvalue weighted by Crippen LogP contribution is -2.26. The van der Waals surface area contributed by atoms with E-state index in [9.17, 15) is 5.21 Å². The first-order chi connectivity index (χ1) is 8.88. The Morgan fingerprint density at radius 2 is 2.17 bits per heavy atom. The predicted molar refractivity (Wildman–Crippen MR) is 66.6 cm³/mol. The summed E-state index contributed by atoms with van der Waals surface area (Å²) in [5.41, 5.74) is 2.82. The topological polar surface area (TPSA) is 63.3 Å². The lowest BCUT2D eigenvalue weighted by molar-refractivity contribution is 0.305. The Labute approximate surface area is 104 Å². The number of oxime groups is 1. The average Bonchev–Trinajstić information content (AvgIpc) is 3.11. The summed E-state index contributed by atoms with van der Waals surface area (Å²) in [7, 11) is 0. The molecule has 2 saturated carbocycles. The number of benzene rings is 1. The van der Waals surface area contributed by atoms with Gasteiger partial charge in [0.1, 0.15) is 5.52 Å². The largest absolute Gasteiger partial charge is 0.411 e. The smallest absolute Gasteiger partial charge is 0.113 e. The average molecular weight is 242 g/mol. The zero-order valence-electron chi connectivity index (χ0n) is 9.90. The van der Waals surface area contributed by atoms with Crippen LogP contribution in [0.4, 0.5) is 0 Å². The van der Waals surface area contributed by atoms with E-state index in [2.05, 4.69) is 15.5 Å². The summed E-state index contributed by atoms with van der Waals surface area (Å²) in [6.07, 6.45) is 3.47. The van der Waals surface area contributed by atoms with Crippen LogP contribution in [0.2, 0.25) is 0 Å². The van der Waals surface area contributed by atoms with Gasteiger partial charge in [0, 0.05) is 5.92 Å². The number of fused-ring (bicyclic) bond motifs is 3. The molecule has 3 atom stereocenters. The Bertz CT molecular complexity index is 633. The lowest BCUT2D eigenvalue weighted by Gasteiger charge is -2.23. The fourth-order valence-electron chi connectivity index (χ4n) is 3.61. The monoisotopic (exact) mass is 242 g/mol. The second kappa shape index (κ2) is 3.54. The van der Waals surface area contributed by atoms with E-state index in [0.29, 0.717) is 11.8 Å². The normalized spacial score (nSPS) is 32.7. The van der Waals surface area contributed by atoms with Gasteiger partial charge in [-0.25, -0.2) is 4.68 Å². The van der Waals surface area contributed by atoms with Crippen LogP contribution in [0.3, 0.4) is 0 Å². The van der Waals surface area contributed by atoms with Gasteiger partial charge in [0.15, 0.2) is 0 Å². The molecule has 5 nitrogen and oxygen atoms in total. The van der Waals surface area contributed by atoms with Crippen molar-refractivity contribution in [2.75, 3.05) is 0 Å². The molecule has 2 aliphatic rings. The van der Waals surface area contributed by atoms with Crippen molar-refractivity contribution in [1.29, 1.82) is 0 Å². The minimum atomic E-state index is 0.0983. The number of aromatic nitrogens is 3. The molecule has 0 radical (unpaired) electrons. The summed E-state index contributed by atoms with van der Waals surface area (Å²) in [6, 6.07) is 8.04. The van der Waals surface area contributed by atoms with Crippen molar-refractivity contribution in [2.45, 2.75) is 25.3 Å². The molecule has 1 heterocycles. The van der Waals surface area contributed by atoms with Crippen LogP contribution in [0.15, 0.2) is 29.4 Å². The van der Waals surface area contributed by atoms with Gasteiger partial charge in [0.2, 0.25) is 0 Å². The Balaban J connectivity index is 1.88. The van der Waals surface area contributed by atoms with Crippen LogP contribution in [0.1, 0.15) is 25.3 Å². The zero-order valence-corrected chi connectivity index (χ0v) is 9.90. The van der Waals surface area contributed by atoms with Gasteiger partial charge in [-0.1, -0.05) is 22.5 Å². The van der Waals surface area contributed by atoms with Crippen molar-refractivity contribution in [3.63, 3.8) is 0 Å². The van der Waals surface area contributed by atoms with Crippen molar-refractivity contribution in [1.82, 2.24) is 15.0 Å². The van der Waals surface area contributed by atoms with Gasteiger partial charge in [-0.3, -0.25) is 0 Å². The van der Waals surface area contributed by atoms with E-state index in [1.54, 1.807) is 0 Å². The molecule has 2 aromatic rings. The van der Waals surface area contributed by atoms with Gasteiger partial charge in [-0.15, -0.1) is 5.10 Å². The summed E-state index contributed by atoms with van der Waals surface area (Å²) in [4.78, 5) is 0. The van der Waals surface area contributed by atoms with Gasteiger partial charge in [0.25, 0.3) is 0 Å². The standard InChI is InChI=1S/C13H14N4O/c18-15-12-8-5-6-9(7-8)13(12)17-11-4-2-1-3-10(11)14-16-17/h1-4,8-9,13,18H,5-7H2. The molecule has 92 valence electrons. The molecule has 5 heteroatoms. The quantitative estimate of drug-likeness (QED) is 0.616. The molecule has 4 rings (SSSR count). The highest BCUT2D eigenvalue weighted by atomic mass is 16.4. The molecule has 1 aromatic heterocycles. The molecule has 1 N–H and O–H groups in total. The van der Waals surface area contributed by atoms with E-state index >= 15 is 0 Å². The number of para-hydroxylation sites is 1. The van der Waals surface area contributed by atoms with Crippen LogP contribution >= 0.6 is 0 Å². The second-order valence-electron chi connectivity index (χ2n) is 5.26. The summed E-state index contributed by atoms with van der Waals surface area (Å²) in [5.74, 6) is 0.985. The maximum Gasteiger partial charge on any atom is 0.113 e. The van der Waals surface area contributed by atoms with Gasteiger partial charge in [-0.2, -0.15) is 0 Å². The van der Waals surface area contributed by atoms with Gasteiger partial charge in [0.05, 0.1) is 17.3 Å². The molecule has 2 aliphatic carbocycles. The number of hydrogen-bond donors (Lipinski definition) is 1. The van der Waals surface area contributed by atoms with E-state index in [0.717, 1.165) is 29.6 Å². The summed E-state index contributed by atoms with van der Waals surface area (Å²) in [6.45, 7) is 0. The third-order valence-electron chi connectivity index (χ3n) is 4.40. The molecule has 0 saturated heterocycles. The van der Waals surface area contributed by atoms with Gasteiger partial charge >= 0.3 is 0 Å². The lowest BCUT2D eigenvalue weighted by atomic mass is 9.93. The van der Waals surface area contributed by atoms with E-state index in [1.165, 1.54) is 6.42 Å². The van der Waals surface area contributed by atoms with E-state index in [1.807, 2.05) is 28.9 Å². The first kappa shape index (κ1) is 10.1. The third-order valence-corrected chi connectivity index (χ3v) is 4.40. The van der Waals surface area contributed by atoms with Crippen LogP contribution in [0.25, 0.3) is 11.0 Å². The highest BCUT2D eigenvalue weighted by Gasteiger charge is 2.47. The number of nitrogens with zero attached hydrogens (tertiary/aromatic N) is 4. The van der Waals surface area contributed by atoms with Crippen molar-refractivity contribution >= 4 is 16.7 Å². The molecule has 0 aliphatic heterocycles. The Hall–Kier alpha value is -1.91. The SMILES string of the molecule is ON=C1C2CCC(C2)C1n1nnc2ccccc21. The van der Waals surface area contributed by atoms with Crippen molar-refractivity contribution in [3.05, 3.63) is 24.3 Å². The summed E-state index contributed by atoms with van der Waals surface area (Å²) >= 11 is 0. The van der Waals surface area contributed by atoms with Crippen LogP contribution in [-0.2, 0) is 0 Å². The Morgan fingerprint density at radius 3 is 3.06 bits per heavy atom. The molecule has 2 fully saturated rings. The van der Waals surface area contributed by atoms with E-state index < -0.39 is 0 Å². The minimum Gasteiger partial charge on any atom is -0.411 e. The van der Waals surface area contributed by atoms with E-state index in [4.69, 9.17) is 0 Å². The fraction of sp³-hybridized carbons (Fsp3) is 0.462. The van der Waals surface area contributed by atoms with E-state index in [-0.39, 0.29) is 6.04 Å². The maximum absolute atomic E-state index is 9.26. The highest BCUT2D eigenvalue weighted by molar-refractivity contribution is 5.94. The summed E-state index contributed by atoms with van der Waals surface area (Å²) in [5, 5.41) is 21.3. The molecule has 0 spiro atoms. The maximum atomic E-state index is 9.26. The molecule has 2 bridgehead atoms. The van der Waals surface area contributed by atoms with Crippen LogP contribution in [0, 0.1) is 11.8 Å². The van der Waals surface area contributed by atoms with Crippen LogP contribution in [-0.4, -0.2) is 25.9 Å². The molecule has 1 aromatic carbocycles. The molecular weight excluding hydrogens is 228 g/mol. The van der Waals surface area contributed by atoms with Crippen molar-refractivity contribution in [3.8, 4) is 0 Å². The Kier molecular flexibility index (Phi) is 1.98. The predicted octanol–water partition coefficient (Wildman–Crippen LogP) is 2.23. The molecular formula is C13H14N4O. The van der Waals surface area contributed by atoms with Crippen LogP contribution in [0.5, 0.6) is 0 Å². The molecule has 3 unspecified atom stereocenters. The second-order valence-corrected chi connectivity index (χ2v) is 5.26. The minimum absolute atomic E-state index is 0.0983. The molecule has 18 heavy (non-hydrogen) atoms. The highest BCUT2D eigenvalue weighted by Crippen LogP contribution is 2.49. The fourth-order valence-corrected chi connectivity index (χ4v) is 3.61. The van der Waals surface area contributed by atoms with Crippen molar-refractivity contribution < 1.29 is 5.21 Å². The Morgan fingerprint density at radius 1 is 1.28 bits per heavy atom. The van der Waals surface area contributed by atoms with Gasteiger partial charge in [-0.05, 0) is 37.3 Å². The first-order valence-corrected chi connectivity index (χ1v) is 6.40. The molecule has 0 amide bonds. The zero-order chi connectivity index (χ0) is 12.1.